The summed E-state index contributed by atoms with van der Waals surface area (Å²) in [5.74, 6) is -4.24. The van der Waals surface area contributed by atoms with Gasteiger partial charge in [0, 0.05) is 30.2 Å². The molecular weight excluding hydrogens is 449 g/mol. The number of methoxy groups -OCH3 is 1. The SMILES string of the molecule is COC(Cc1ccc(/C(F)=C(/F)c2ccc(-c3ccc(C)cc3F)cc2)cc1F)C(F)(F)F. The first-order valence-corrected chi connectivity index (χ1v) is 9.81. The van der Waals surface area contributed by atoms with Gasteiger partial charge in [-0.2, -0.15) is 13.2 Å². The lowest BCUT2D eigenvalue weighted by molar-refractivity contribution is -0.212. The van der Waals surface area contributed by atoms with E-state index in [0.29, 0.717) is 17.2 Å². The van der Waals surface area contributed by atoms with Crippen molar-refractivity contribution < 1.29 is 35.5 Å². The summed E-state index contributed by atoms with van der Waals surface area (Å²) in [4.78, 5) is 0. The van der Waals surface area contributed by atoms with E-state index in [-0.39, 0.29) is 11.1 Å². The molecule has 0 fully saturated rings. The van der Waals surface area contributed by atoms with Crippen LogP contribution < -0.4 is 0 Å². The number of hydrogen-bond acceptors (Lipinski definition) is 1. The van der Waals surface area contributed by atoms with Crippen LogP contribution in [0.15, 0.2) is 60.7 Å². The quantitative estimate of drug-likeness (QED) is 0.265. The predicted octanol–water partition coefficient (Wildman–Crippen LogP) is 7.82. The average molecular weight is 468 g/mol. The van der Waals surface area contributed by atoms with Gasteiger partial charge in [0.1, 0.15) is 11.6 Å². The number of hydrogen-bond donors (Lipinski definition) is 0. The third-order valence-electron chi connectivity index (χ3n) is 5.13. The van der Waals surface area contributed by atoms with E-state index in [1.54, 1.807) is 19.1 Å². The molecule has 0 aromatic heterocycles. The molecule has 33 heavy (non-hydrogen) atoms. The minimum Gasteiger partial charge on any atom is -0.372 e. The lowest BCUT2D eigenvalue weighted by Gasteiger charge is -2.19. The highest BCUT2D eigenvalue weighted by atomic mass is 19.4. The summed E-state index contributed by atoms with van der Waals surface area (Å²) in [5, 5.41) is 0. The van der Waals surface area contributed by atoms with Gasteiger partial charge in [0.15, 0.2) is 17.8 Å². The number of rotatable bonds is 6. The van der Waals surface area contributed by atoms with Crippen LogP contribution in [0, 0.1) is 18.6 Å². The zero-order chi connectivity index (χ0) is 24.3. The first-order chi connectivity index (χ1) is 15.5. The van der Waals surface area contributed by atoms with E-state index in [1.807, 2.05) is 0 Å². The molecule has 0 aliphatic heterocycles. The van der Waals surface area contributed by atoms with Gasteiger partial charge >= 0.3 is 6.18 Å². The van der Waals surface area contributed by atoms with Gasteiger partial charge in [-0.3, -0.25) is 0 Å². The highest BCUT2D eigenvalue weighted by Gasteiger charge is 2.40. The van der Waals surface area contributed by atoms with Crippen molar-refractivity contribution in [3.63, 3.8) is 0 Å². The molecule has 3 aromatic carbocycles. The fraction of sp³-hybridized carbons (Fsp3) is 0.200. The topological polar surface area (TPSA) is 9.23 Å². The molecular formula is C25H19F7O. The Morgan fingerprint density at radius 1 is 0.818 bits per heavy atom. The van der Waals surface area contributed by atoms with Crippen molar-refractivity contribution in [1.82, 2.24) is 0 Å². The standard InChI is InChI=1S/C25H19F7O/c1-14-3-10-19(21(27)11-14)15-4-6-16(7-5-15)23(28)24(29)18-9-8-17(20(26)12-18)13-22(33-2)25(30,31)32/h3-12,22H,13H2,1-2H3/b24-23-. The first-order valence-electron chi connectivity index (χ1n) is 9.81. The number of alkyl halides is 3. The molecule has 1 nitrogen and oxygen atoms in total. The summed E-state index contributed by atoms with van der Waals surface area (Å²) >= 11 is 0. The third-order valence-corrected chi connectivity index (χ3v) is 5.13. The molecule has 8 heteroatoms. The van der Waals surface area contributed by atoms with Crippen LogP contribution in [-0.4, -0.2) is 19.4 Å². The molecule has 0 aliphatic rings. The van der Waals surface area contributed by atoms with E-state index in [2.05, 4.69) is 4.74 Å². The molecule has 0 amide bonds. The predicted molar refractivity (Wildman–Crippen MR) is 113 cm³/mol. The Balaban J connectivity index is 1.86. The summed E-state index contributed by atoms with van der Waals surface area (Å²) in [5.41, 5.74) is 0.507. The smallest absolute Gasteiger partial charge is 0.372 e. The second-order valence-electron chi connectivity index (χ2n) is 7.46. The summed E-state index contributed by atoms with van der Waals surface area (Å²) in [6.45, 7) is 1.74. The molecule has 174 valence electrons. The number of benzene rings is 3. The Morgan fingerprint density at radius 2 is 1.42 bits per heavy atom. The van der Waals surface area contributed by atoms with Gasteiger partial charge in [-0.25, -0.2) is 17.6 Å². The molecule has 1 unspecified atom stereocenters. The van der Waals surface area contributed by atoms with Crippen molar-refractivity contribution in [1.29, 1.82) is 0 Å². The molecule has 3 aromatic rings. The van der Waals surface area contributed by atoms with Gasteiger partial charge < -0.3 is 4.74 Å². The van der Waals surface area contributed by atoms with Crippen molar-refractivity contribution in [3.8, 4) is 11.1 Å². The zero-order valence-corrected chi connectivity index (χ0v) is 17.6. The largest absolute Gasteiger partial charge is 0.414 e. The van der Waals surface area contributed by atoms with Crippen LogP contribution in [0.4, 0.5) is 30.7 Å². The minimum absolute atomic E-state index is 0.162. The Bertz CT molecular complexity index is 1160. The van der Waals surface area contributed by atoms with Gasteiger partial charge in [0.2, 0.25) is 0 Å². The maximum Gasteiger partial charge on any atom is 0.414 e. The van der Waals surface area contributed by atoms with Crippen molar-refractivity contribution in [2.45, 2.75) is 25.6 Å². The number of aryl methyl sites for hydroxylation is 1. The third kappa shape index (κ3) is 5.63. The number of halogens is 7. The molecule has 0 spiro atoms. The van der Waals surface area contributed by atoms with Crippen LogP contribution in [0.25, 0.3) is 22.8 Å². The van der Waals surface area contributed by atoms with E-state index < -0.39 is 47.6 Å². The fourth-order valence-electron chi connectivity index (χ4n) is 3.29. The lowest BCUT2D eigenvalue weighted by atomic mass is 10.0. The Hall–Kier alpha value is -3.13. The van der Waals surface area contributed by atoms with Crippen LogP contribution in [0.2, 0.25) is 0 Å². The molecule has 1 atom stereocenters. The summed E-state index contributed by atoms with van der Waals surface area (Å²) in [7, 11) is 0.848. The van der Waals surface area contributed by atoms with Gasteiger partial charge in [-0.15, -0.1) is 0 Å². The second kappa shape index (κ2) is 9.79. The van der Waals surface area contributed by atoms with Gasteiger partial charge in [-0.1, -0.05) is 48.5 Å². The normalized spacial score (nSPS) is 13.6. The Morgan fingerprint density at radius 3 is 1.97 bits per heavy atom. The maximum absolute atomic E-state index is 14.7. The molecule has 3 rings (SSSR count). The van der Waals surface area contributed by atoms with Crippen LogP contribution in [0.3, 0.4) is 0 Å². The zero-order valence-electron chi connectivity index (χ0n) is 17.6. The van der Waals surface area contributed by atoms with Crippen LogP contribution >= 0.6 is 0 Å². The maximum atomic E-state index is 14.7. The van der Waals surface area contributed by atoms with Crippen molar-refractivity contribution >= 4 is 11.7 Å². The van der Waals surface area contributed by atoms with Crippen LogP contribution in [-0.2, 0) is 11.2 Å². The summed E-state index contributed by atoms with van der Waals surface area (Å²) < 4.78 is 101. The molecule has 0 N–H and O–H groups in total. The lowest BCUT2D eigenvalue weighted by Crippen LogP contribution is -2.32. The summed E-state index contributed by atoms with van der Waals surface area (Å²) in [6, 6.07) is 12.6. The molecule has 0 aliphatic carbocycles. The monoisotopic (exact) mass is 468 g/mol. The van der Waals surface area contributed by atoms with Gasteiger partial charge in [0.25, 0.3) is 0 Å². The highest BCUT2D eigenvalue weighted by Crippen LogP contribution is 2.33. The molecule has 0 saturated carbocycles. The number of ether oxygens (including phenoxy) is 1. The van der Waals surface area contributed by atoms with Crippen LogP contribution in [0.5, 0.6) is 0 Å². The Labute approximate surface area is 186 Å². The average Bonchev–Trinajstić information content (AvgIpc) is 2.76. The highest BCUT2D eigenvalue weighted by molar-refractivity contribution is 5.83. The molecule has 0 bridgehead atoms. The molecule has 0 heterocycles. The van der Waals surface area contributed by atoms with E-state index in [9.17, 15) is 30.7 Å². The van der Waals surface area contributed by atoms with E-state index in [1.165, 1.54) is 30.3 Å². The first kappa shape index (κ1) is 24.5. The summed E-state index contributed by atoms with van der Waals surface area (Å²) in [6.07, 6.45) is -7.74. The van der Waals surface area contributed by atoms with Gasteiger partial charge in [0.05, 0.1) is 0 Å². The fourth-order valence-corrected chi connectivity index (χ4v) is 3.29. The van der Waals surface area contributed by atoms with E-state index in [4.69, 9.17) is 0 Å². The van der Waals surface area contributed by atoms with Crippen molar-refractivity contribution in [2.24, 2.45) is 0 Å². The van der Waals surface area contributed by atoms with Crippen LogP contribution in [0.1, 0.15) is 22.3 Å². The minimum atomic E-state index is -4.70. The van der Waals surface area contributed by atoms with Gasteiger partial charge in [-0.05, 0) is 35.7 Å². The van der Waals surface area contributed by atoms with E-state index in [0.717, 1.165) is 24.8 Å². The molecule has 0 saturated heterocycles. The van der Waals surface area contributed by atoms with E-state index >= 15 is 0 Å². The Kier molecular flexibility index (Phi) is 7.27. The van der Waals surface area contributed by atoms with Crippen molar-refractivity contribution in [2.75, 3.05) is 7.11 Å². The molecule has 0 radical (unpaired) electrons. The van der Waals surface area contributed by atoms with Crippen molar-refractivity contribution in [3.05, 3.63) is 94.6 Å². The second-order valence-corrected chi connectivity index (χ2v) is 7.46.